The first-order valence-corrected chi connectivity index (χ1v) is 13.7. The van der Waals surface area contributed by atoms with Crippen molar-refractivity contribution in [2.45, 2.75) is 51.5 Å². The van der Waals surface area contributed by atoms with E-state index in [4.69, 9.17) is 4.74 Å². The average molecular weight is 559 g/mol. The van der Waals surface area contributed by atoms with Crippen molar-refractivity contribution in [3.63, 3.8) is 0 Å². The highest BCUT2D eigenvalue weighted by Gasteiger charge is 2.28. The smallest absolute Gasteiger partial charge is 0.328 e. The summed E-state index contributed by atoms with van der Waals surface area (Å²) >= 11 is 0. The molecule has 0 spiro atoms. The standard InChI is InChI=1S/C33H38N2O6/c1-22(2)20-28(25-15-17-27(18-16-25)34-31(37)26-8-6-5-7-9-26)32(38)35-29(33(39)41-4)21-24-12-10-23(11-13-24)14-19-30(36)40-3/h5-13,15-18,22,28-29H,14,19-21H2,1-4H3,(H,34,37)(H,35,38)/t28-,29-/m0/s1. The van der Waals surface area contributed by atoms with Crippen molar-refractivity contribution in [3.8, 4) is 0 Å². The van der Waals surface area contributed by atoms with Gasteiger partial charge >= 0.3 is 11.9 Å². The molecule has 216 valence electrons. The molecule has 0 unspecified atom stereocenters. The molecule has 8 heteroatoms. The lowest BCUT2D eigenvalue weighted by molar-refractivity contribution is -0.145. The topological polar surface area (TPSA) is 111 Å². The van der Waals surface area contributed by atoms with Gasteiger partial charge in [-0.1, -0.05) is 68.4 Å². The van der Waals surface area contributed by atoms with Gasteiger partial charge in [0.1, 0.15) is 6.04 Å². The number of esters is 2. The second-order valence-electron chi connectivity index (χ2n) is 10.3. The Morgan fingerprint density at radius 2 is 1.41 bits per heavy atom. The molecule has 0 aliphatic heterocycles. The lowest BCUT2D eigenvalue weighted by atomic mass is 9.89. The third-order valence-corrected chi connectivity index (χ3v) is 6.74. The van der Waals surface area contributed by atoms with E-state index in [0.29, 0.717) is 24.1 Å². The minimum atomic E-state index is -0.868. The van der Waals surface area contributed by atoms with Gasteiger partial charge in [0.25, 0.3) is 5.91 Å². The van der Waals surface area contributed by atoms with Crippen LogP contribution in [0.1, 0.15) is 59.7 Å². The fraction of sp³-hybridized carbons (Fsp3) is 0.333. The molecule has 0 aliphatic rings. The van der Waals surface area contributed by atoms with E-state index in [-0.39, 0.29) is 36.5 Å². The summed E-state index contributed by atoms with van der Waals surface area (Å²) in [6, 6.07) is 22.8. The van der Waals surface area contributed by atoms with E-state index in [1.807, 2.05) is 56.3 Å². The number of amides is 2. The van der Waals surface area contributed by atoms with Gasteiger partial charge < -0.3 is 20.1 Å². The molecule has 2 amide bonds. The van der Waals surface area contributed by atoms with Crippen LogP contribution in [0.2, 0.25) is 0 Å². The second kappa shape index (κ2) is 15.4. The predicted octanol–water partition coefficient (Wildman–Crippen LogP) is 5.07. The Morgan fingerprint density at radius 1 is 0.780 bits per heavy atom. The molecule has 0 saturated carbocycles. The van der Waals surface area contributed by atoms with Crippen LogP contribution in [0.4, 0.5) is 5.69 Å². The zero-order valence-electron chi connectivity index (χ0n) is 24.0. The molecule has 2 N–H and O–H groups in total. The van der Waals surface area contributed by atoms with E-state index in [1.54, 1.807) is 36.4 Å². The van der Waals surface area contributed by atoms with E-state index in [0.717, 1.165) is 16.7 Å². The van der Waals surface area contributed by atoms with Crippen LogP contribution in [0.15, 0.2) is 78.9 Å². The lowest BCUT2D eigenvalue weighted by Gasteiger charge is -2.23. The molecule has 0 radical (unpaired) electrons. The van der Waals surface area contributed by atoms with Gasteiger partial charge in [-0.3, -0.25) is 14.4 Å². The Hall–Kier alpha value is -4.46. The van der Waals surface area contributed by atoms with Crippen LogP contribution in [-0.4, -0.2) is 44.0 Å². The van der Waals surface area contributed by atoms with Gasteiger partial charge in [0.15, 0.2) is 0 Å². The highest BCUT2D eigenvalue weighted by atomic mass is 16.5. The summed E-state index contributed by atoms with van der Waals surface area (Å²) in [4.78, 5) is 50.1. The first kappa shape index (κ1) is 31.1. The van der Waals surface area contributed by atoms with Crippen molar-refractivity contribution < 1.29 is 28.7 Å². The fourth-order valence-corrected chi connectivity index (χ4v) is 4.49. The Balaban J connectivity index is 1.70. The quantitative estimate of drug-likeness (QED) is 0.283. The van der Waals surface area contributed by atoms with E-state index >= 15 is 0 Å². The zero-order valence-corrected chi connectivity index (χ0v) is 24.0. The number of anilines is 1. The molecule has 3 aromatic rings. The summed E-state index contributed by atoms with van der Waals surface area (Å²) in [5.41, 5.74) is 3.78. The van der Waals surface area contributed by atoms with E-state index in [9.17, 15) is 19.2 Å². The summed E-state index contributed by atoms with van der Waals surface area (Å²) < 4.78 is 9.69. The van der Waals surface area contributed by atoms with Crippen molar-refractivity contribution in [2.24, 2.45) is 5.92 Å². The lowest BCUT2D eigenvalue weighted by Crippen LogP contribution is -2.45. The van der Waals surface area contributed by atoms with Crippen LogP contribution in [-0.2, 0) is 36.7 Å². The number of nitrogens with one attached hydrogen (secondary N) is 2. The molecule has 0 heterocycles. The van der Waals surface area contributed by atoms with Gasteiger partial charge in [-0.25, -0.2) is 4.79 Å². The third-order valence-electron chi connectivity index (χ3n) is 6.74. The first-order valence-electron chi connectivity index (χ1n) is 13.7. The van der Waals surface area contributed by atoms with Crippen molar-refractivity contribution in [3.05, 3.63) is 101 Å². The minimum Gasteiger partial charge on any atom is -0.469 e. The van der Waals surface area contributed by atoms with E-state index in [1.165, 1.54) is 14.2 Å². The molecule has 0 fully saturated rings. The molecule has 3 rings (SSSR count). The van der Waals surface area contributed by atoms with Crippen LogP contribution in [0.25, 0.3) is 0 Å². The molecule has 41 heavy (non-hydrogen) atoms. The van der Waals surface area contributed by atoms with Crippen molar-refractivity contribution in [1.29, 1.82) is 0 Å². The van der Waals surface area contributed by atoms with Gasteiger partial charge in [-0.15, -0.1) is 0 Å². The molecule has 0 saturated heterocycles. The van der Waals surface area contributed by atoms with E-state index in [2.05, 4.69) is 15.4 Å². The maximum absolute atomic E-state index is 13.5. The molecule has 3 aromatic carbocycles. The average Bonchev–Trinajstić information content (AvgIpc) is 2.99. The number of hydrogen-bond acceptors (Lipinski definition) is 6. The SMILES string of the molecule is COC(=O)CCc1ccc(C[C@H](NC(=O)[C@@H](CC(C)C)c2ccc(NC(=O)c3ccccc3)cc2)C(=O)OC)cc1. The normalized spacial score (nSPS) is 12.2. The number of benzene rings is 3. The number of methoxy groups -OCH3 is 2. The molecular formula is C33H38N2O6. The number of aryl methyl sites for hydroxylation is 1. The summed E-state index contributed by atoms with van der Waals surface area (Å²) in [7, 11) is 2.66. The van der Waals surface area contributed by atoms with Gasteiger partial charge in [0.05, 0.1) is 20.1 Å². The molecule has 0 aliphatic carbocycles. The largest absolute Gasteiger partial charge is 0.469 e. The van der Waals surface area contributed by atoms with Crippen molar-refractivity contribution in [1.82, 2.24) is 5.32 Å². The highest BCUT2D eigenvalue weighted by Crippen LogP contribution is 2.26. The van der Waals surface area contributed by atoms with Gasteiger partial charge in [-0.2, -0.15) is 0 Å². The fourth-order valence-electron chi connectivity index (χ4n) is 4.49. The zero-order chi connectivity index (χ0) is 29.8. The van der Waals surface area contributed by atoms with E-state index < -0.39 is 17.9 Å². The molecule has 0 aromatic heterocycles. The molecule has 0 bridgehead atoms. The summed E-state index contributed by atoms with van der Waals surface area (Å²) in [6.07, 6.45) is 1.67. The summed E-state index contributed by atoms with van der Waals surface area (Å²) in [5.74, 6) is -1.57. The molecule has 8 nitrogen and oxygen atoms in total. The molecule has 2 atom stereocenters. The van der Waals surface area contributed by atoms with Crippen LogP contribution in [0.3, 0.4) is 0 Å². The van der Waals surface area contributed by atoms with Crippen LogP contribution < -0.4 is 10.6 Å². The summed E-state index contributed by atoms with van der Waals surface area (Å²) in [6.45, 7) is 4.07. The van der Waals surface area contributed by atoms with Crippen molar-refractivity contribution >= 4 is 29.4 Å². The number of rotatable bonds is 13. The summed E-state index contributed by atoms with van der Waals surface area (Å²) in [5, 5.41) is 5.78. The number of carbonyl (C=O) groups is 4. The monoisotopic (exact) mass is 558 g/mol. The van der Waals surface area contributed by atoms with Gasteiger partial charge in [0, 0.05) is 24.1 Å². The number of ether oxygens (including phenoxy) is 2. The van der Waals surface area contributed by atoms with Crippen molar-refractivity contribution in [2.75, 3.05) is 19.5 Å². The Bertz CT molecular complexity index is 1300. The first-order chi connectivity index (χ1) is 19.7. The highest BCUT2D eigenvalue weighted by molar-refractivity contribution is 6.04. The maximum Gasteiger partial charge on any atom is 0.328 e. The van der Waals surface area contributed by atoms with Crippen LogP contribution in [0.5, 0.6) is 0 Å². The Kier molecular flexibility index (Phi) is 11.6. The van der Waals surface area contributed by atoms with Crippen LogP contribution >= 0.6 is 0 Å². The van der Waals surface area contributed by atoms with Gasteiger partial charge in [0.2, 0.25) is 5.91 Å². The van der Waals surface area contributed by atoms with Crippen LogP contribution in [0, 0.1) is 5.92 Å². The Labute approximate surface area is 241 Å². The number of carbonyl (C=O) groups excluding carboxylic acids is 4. The Morgan fingerprint density at radius 3 is 2.00 bits per heavy atom. The predicted molar refractivity (Wildman–Crippen MR) is 157 cm³/mol. The second-order valence-corrected chi connectivity index (χ2v) is 10.3. The minimum absolute atomic E-state index is 0.216. The maximum atomic E-state index is 13.5. The molecular weight excluding hydrogens is 520 g/mol. The van der Waals surface area contributed by atoms with Gasteiger partial charge in [-0.05, 0) is 59.7 Å². The number of hydrogen-bond donors (Lipinski definition) is 2. The third kappa shape index (κ3) is 9.60.